The molecule has 2 aromatic carbocycles. The Kier molecular flexibility index (Phi) is 6.41. The number of hydrogen-bond acceptors (Lipinski definition) is 6. The molecule has 0 aliphatic rings. The molecule has 0 spiro atoms. The maximum Gasteiger partial charge on any atom is 0.262 e. The molecule has 0 unspecified atom stereocenters. The highest BCUT2D eigenvalue weighted by Gasteiger charge is 2.25. The van der Waals surface area contributed by atoms with Crippen LogP contribution >= 0.6 is 0 Å². The second kappa shape index (κ2) is 8.57. The van der Waals surface area contributed by atoms with E-state index in [1.165, 1.54) is 32.4 Å². The molecule has 0 heterocycles. The number of anilines is 1. The average Bonchev–Trinajstić information content (AvgIpc) is 2.66. The van der Waals surface area contributed by atoms with E-state index in [2.05, 4.69) is 10.0 Å². The Hall–Kier alpha value is -3.34. The van der Waals surface area contributed by atoms with Gasteiger partial charge in [-0.25, -0.2) is 12.8 Å². The van der Waals surface area contributed by atoms with E-state index in [0.717, 1.165) is 18.2 Å². The number of nitrogens with two attached hydrogens (primary N) is 1. The third-order valence-corrected chi connectivity index (χ3v) is 4.89. The number of sulfonamides is 1. The summed E-state index contributed by atoms with van der Waals surface area (Å²) in [6.07, 6.45) is 0. The second-order valence-corrected chi connectivity index (χ2v) is 7.12. The number of primary amides is 1. The molecule has 2 amide bonds. The number of para-hydroxylation sites is 1. The van der Waals surface area contributed by atoms with Gasteiger partial charge in [-0.3, -0.25) is 14.3 Å². The zero-order valence-electron chi connectivity index (χ0n) is 15.0. The maximum absolute atomic E-state index is 13.8. The Morgan fingerprint density at radius 3 is 2.39 bits per heavy atom. The van der Waals surface area contributed by atoms with E-state index in [4.69, 9.17) is 15.2 Å². The molecule has 28 heavy (non-hydrogen) atoms. The molecule has 2 rings (SSSR count). The van der Waals surface area contributed by atoms with Gasteiger partial charge in [-0.1, -0.05) is 12.1 Å². The van der Waals surface area contributed by atoms with Gasteiger partial charge in [-0.15, -0.1) is 0 Å². The van der Waals surface area contributed by atoms with Gasteiger partial charge in [0, 0.05) is 6.07 Å². The van der Waals surface area contributed by atoms with Crippen LogP contribution in [-0.2, 0) is 14.8 Å². The van der Waals surface area contributed by atoms with E-state index in [0.29, 0.717) is 0 Å². The SMILES string of the molecule is COc1cc(S(=O)(=O)Nc2ccccc2F)cc(C(=O)NCC(N)=O)c1OC. The number of nitrogens with one attached hydrogen (secondary N) is 2. The summed E-state index contributed by atoms with van der Waals surface area (Å²) >= 11 is 0. The third kappa shape index (κ3) is 4.68. The zero-order chi connectivity index (χ0) is 20.9. The fraction of sp³-hybridized carbons (Fsp3) is 0.176. The third-order valence-electron chi connectivity index (χ3n) is 3.55. The van der Waals surface area contributed by atoms with Gasteiger partial charge in [0.25, 0.3) is 15.9 Å². The number of hydrogen-bond donors (Lipinski definition) is 3. The monoisotopic (exact) mass is 411 g/mol. The minimum absolute atomic E-state index is 0.0469. The van der Waals surface area contributed by atoms with Crippen LogP contribution in [0.3, 0.4) is 0 Å². The molecular weight excluding hydrogens is 393 g/mol. The summed E-state index contributed by atoms with van der Waals surface area (Å²) in [7, 11) is -1.77. The molecule has 0 bridgehead atoms. The number of carbonyl (C=O) groups excluding carboxylic acids is 2. The van der Waals surface area contributed by atoms with Crippen molar-refractivity contribution in [1.82, 2.24) is 5.32 Å². The lowest BCUT2D eigenvalue weighted by molar-refractivity contribution is -0.117. The molecule has 0 aromatic heterocycles. The number of rotatable bonds is 8. The minimum atomic E-state index is -4.28. The summed E-state index contributed by atoms with van der Waals surface area (Å²) in [5.41, 5.74) is 4.52. The number of methoxy groups -OCH3 is 2. The van der Waals surface area contributed by atoms with E-state index in [9.17, 15) is 22.4 Å². The van der Waals surface area contributed by atoms with Crippen molar-refractivity contribution in [3.8, 4) is 11.5 Å². The fourth-order valence-electron chi connectivity index (χ4n) is 2.27. The van der Waals surface area contributed by atoms with Crippen LogP contribution in [0.1, 0.15) is 10.4 Å². The van der Waals surface area contributed by atoms with Gasteiger partial charge in [0.05, 0.1) is 36.9 Å². The van der Waals surface area contributed by atoms with Crippen molar-refractivity contribution >= 4 is 27.5 Å². The quantitative estimate of drug-likeness (QED) is 0.589. The standard InChI is InChI=1S/C17H18FN3O6S/c1-26-14-8-10(28(24,25)21-13-6-4-3-5-12(13)18)7-11(16(14)27-2)17(23)20-9-15(19)22/h3-8,21H,9H2,1-2H3,(H2,19,22)(H,20,23). The van der Waals surface area contributed by atoms with Crippen molar-refractivity contribution in [2.45, 2.75) is 4.90 Å². The first kappa shape index (κ1) is 21.0. The highest BCUT2D eigenvalue weighted by atomic mass is 32.2. The maximum atomic E-state index is 13.8. The Morgan fingerprint density at radius 1 is 1.14 bits per heavy atom. The first-order chi connectivity index (χ1) is 13.2. The Morgan fingerprint density at radius 2 is 1.82 bits per heavy atom. The Labute approximate surface area is 160 Å². The van der Waals surface area contributed by atoms with Crippen molar-refractivity contribution in [2.24, 2.45) is 5.73 Å². The molecule has 0 saturated heterocycles. The van der Waals surface area contributed by atoms with Crippen LogP contribution in [0.4, 0.5) is 10.1 Å². The van der Waals surface area contributed by atoms with Crippen LogP contribution in [0.5, 0.6) is 11.5 Å². The van der Waals surface area contributed by atoms with E-state index in [1.807, 2.05) is 0 Å². The molecule has 0 aliphatic carbocycles. The van der Waals surface area contributed by atoms with Gasteiger partial charge < -0.3 is 20.5 Å². The molecule has 0 atom stereocenters. The zero-order valence-corrected chi connectivity index (χ0v) is 15.8. The van der Waals surface area contributed by atoms with Crippen LogP contribution in [0.25, 0.3) is 0 Å². The predicted molar refractivity (Wildman–Crippen MR) is 98.3 cm³/mol. The Balaban J connectivity index is 2.52. The molecule has 0 radical (unpaired) electrons. The van der Waals surface area contributed by atoms with Crippen molar-refractivity contribution < 1.29 is 31.9 Å². The van der Waals surface area contributed by atoms with Crippen LogP contribution < -0.4 is 25.2 Å². The largest absolute Gasteiger partial charge is 0.493 e. The molecule has 0 aliphatic heterocycles. The number of benzene rings is 2. The summed E-state index contributed by atoms with van der Waals surface area (Å²) in [5, 5.41) is 2.24. The molecule has 2 aromatic rings. The number of halogens is 1. The molecule has 0 fully saturated rings. The molecule has 150 valence electrons. The Bertz CT molecular complexity index is 1010. The summed E-state index contributed by atoms with van der Waals surface area (Å²) in [4.78, 5) is 22.9. The van der Waals surface area contributed by atoms with Gasteiger partial charge in [0.2, 0.25) is 5.91 Å². The molecule has 4 N–H and O–H groups in total. The van der Waals surface area contributed by atoms with Gasteiger partial charge in [0.15, 0.2) is 11.5 Å². The highest BCUT2D eigenvalue weighted by Crippen LogP contribution is 2.34. The lowest BCUT2D eigenvalue weighted by Gasteiger charge is -2.16. The van der Waals surface area contributed by atoms with E-state index >= 15 is 0 Å². The van der Waals surface area contributed by atoms with Gasteiger partial charge >= 0.3 is 0 Å². The van der Waals surface area contributed by atoms with E-state index in [-0.39, 0.29) is 27.6 Å². The lowest BCUT2D eigenvalue weighted by atomic mass is 10.1. The lowest BCUT2D eigenvalue weighted by Crippen LogP contribution is -2.33. The van der Waals surface area contributed by atoms with Gasteiger partial charge in [-0.05, 0) is 18.2 Å². The first-order valence-corrected chi connectivity index (χ1v) is 9.27. The van der Waals surface area contributed by atoms with Crippen LogP contribution in [0.15, 0.2) is 41.3 Å². The van der Waals surface area contributed by atoms with Gasteiger partial charge in [0.1, 0.15) is 5.82 Å². The predicted octanol–water partition coefficient (Wildman–Crippen LogP) is 0.859. The van der Waals surface area contributed by atoms with Crippen LogP contribution in [0.2, 0.25) is 0 Å². The van der Waals surface area contributed by atoms with Crippen LogP contribution in [-0.4, -0.2) is 41.0 Å². The highest BCUT2D eigenvalue weighted by molar-refractivity contribution is 7.92. The molecular formula is C17H18FN3O6S. The van der Waals surface area contributed by atoms with E-state index < -0.39 is 34.2 Å². The molecule has 11 heteroatoms. The smallest absolute Gasteiger partial charge is 0.262 e. The topological polar surface area (TPSA) is 137 Å². The summed E-state index contributed by atoms with van der Waals surface area (Å²) in [6, 6.07) is 7.33. The number of ether oxygens (including phenoxy) is 2. The van der Waals surface area contributed by atoms with Gasteiger partial charge in [-0.2, -0.15) is 0 Å². The number of carbonyl (C=O) groups is 2. The molecule has 9 nitrogen and oxygen atoms in total. The number of amides is 2. The van der Waals surface area contributed by atoms with Crippen molar-refractivity contribution in [2.75, 3.05) is 25.5 Å². The summed E-state index contributed by atoms with van der Waals surface area (Å²) in [6.45, 7) is -0.464. The second-order valence-electron chi connectivity index (χ2n) is 5.44. The molecule has 0 saturated carbocycles. The fourth-order valence-corrected chi connectivity index (χ4v) is 3.38. The summed E-state index contributed by atoms with van der Waals surface area (Å²) < 4.78 is 51.5. The first-order valence-electron chi connectivity index (χ1n) is 7.79. The van der Waals surface area contributed by atoms with E-state index in [1.54, 1.807) is 0 Å². The normalized spacial score (nSPS) is 10.8. The van der Waals surface area contributed by atoms with Crippen molar-refractivity contribution in [3.63, 3.8) is 0 Å². The van der Waals surface area contributed by atoms with Crippen molar-refractivity contribution in [1.29, 1.82) is 0 Å². The average molecular weight is 411 g/mol. The van der Waals surface area contributed by atoms with Crippen molar-refractivity contribution in [3.05, 3.63) is 47.8 Å². The minimum Gasteiger partial charge on any atom is -0.493 e. The summed E-state index contributed by atoms with van der Waals surface area (Å²) in [5.74, 6) is -2.47. The van der Waals surface area contributed by atoms with Crippen LogP contribution in [0, 0.1) is 5.82 Å².